The number of piperidine rings is 1. The number of rotatable bonds is 5. The van der Waals surface area contributed by atoms with Crippen LogP contribution in [0.5, 0.6) is 0 Å². The molecule has 1 fully saturated rings. The molecule has 20 heavy (non-hydrogen) atoms. The molecule has 1 aromatic carbocycles. The van der Waals surface area contributed by atoms with Crippen molar-refractivity contribution in [2.75, 3.05) is 19.6 Å². The molecule has 0 spiro atoms. The Balaban J connectivity index is 1.91. The lowest BCUT2D eigenvalue weighted by molar-refractivity contribution is 0.141. The van der Waals surface area contributed by atoms with E-state index in [1.807, 2.05) is 0 Å². The Morgan fingerprint density at radius 3 is 2.80 bits per heavy atom. The van der Waals surface area contributed by atoms with E-state index in [2.05, 4.69) is 56.1 Å². The first-order valence-electron chi connectivity index (χ1n) is 8.12. The largest absolute Gasteiger partial charge is 0.314 e. The smallest absolute Gasteiger partial charge is 0.0236 e. The molecule has 0 saturated carbocycles. The molecule has 2 heteroatoms. The SMILES string of the molecule is CCCNC1CCN(Cc2cc(C)ccc2C)CC1C. The third-order valence-corrected chi connectivity index (χ3v) is 4.54. The van der Waals surface area contributed by atoms with Crippen molar-refractivity contribution in [2.24, 2.45) is 5.92 Å². The Morgan fingerprint density at radius 1 is 1.30 bits per heavy atom. The van der Waals surface area contributed by atoms with Crippen LogP contribution in [-0.4, -0.2) is 30.6 Å². The van der Waals surface area contributed by atoms with Gasteiger partial charge in [-0.2, -0.15) is 0 Å². The van der Waals surface area contributed by atoms with Crippen LogP contribution in [0, 0.1) is 19.8 Å². The highest BCUT2D eigenvalue weighted by Crippen LogP contribution is 2.20. The van der Waals surface area contributed by atoms with Crippen LogP contribution in [0.2, 0.25) is 0 Å². The van der Waals surface area contributed by atoms with Crippen molar-refractivity contribution < 1.29 is 0 Å². The molecule has 0 amide bonds. The van der Waals surface area contributed by atoms with Crippen LogP contribution in [0.1, 0.15) is 43.4 Å². The van der Waals surface area contributed by atoms with E-state index in [4.69, 9.17) is 0 Å². The van der Waals surface area contributed by atoms with Gasteiger partial charge in [-0.1, -0.05) is 37.6 Å². The van der Waals surface area contributed by atoms with Gasteiger partial charge in [-0.05, 0) is 56.8 Å². The minimum absolute atomic E-state index is 0.713. The van der Waals surface area contributed by atoms with E-state index in [0.717, 1.165) is 19.0 Å². The lowest BCUT2D eigenvalue weighted by Crippen LogP contribution is -2.48. The van der Waals surface area contributed by atoms with Gasteiger partial charge in [0.25, 0.3) is 0 Å². The monoisotopic (exact) mass is 274 g/mol. The van der Waals surface area contributed by atoms with Crippen molar-refractivity contribution >= 4 is 0 Å². The molecule has 1 saturated heterocycles. The fraction of sp³-hybridized carbons (Fsp3) is 0.667. The maximum Gasteiger partial charge on any atom is 0.0236 e. The zero-order valence-electron chi connectivity index (χ0n) is 13.6. The van der Waals surface area contributed by atoms with Crippen LogP contribution in [0.4, 0.5) is 0 Å². The van der Waals surface area contributed by atoms with Crippen LogP contribution < -0.4 is 5.32 Å². The first-order valence-corrected chi connectivity index (χ1v) is 8.12. The average Bonchev–Trinajstić information content (AvgIpc) is 2.42. The Hall–Kier alpha value is -0.860. The number of likely N-dealkylation sites (tertiary alicyclic amines) is 1. The van der Waals surface area contributed by atoms with E-state index in [9.17, 15) is 0 Å². The van der Waals surface area contributed by atoms with Gasteiger partial charge in [-0.25, -0.2) is 0 Å². The summed E-state index contributed by atoms with van der Waals surface area (Å²) in [6.45, 7) is 13.8. The molecule has 1 aromatic rings. The normalized spacial score (nSPS) is 24.0. The third kappa shape index (κ3) is 4.07. The molecular formula is C18H30N2. The highest BCUT2D eigenvalue weighted by molar-refractivity contribution is 5.30. The second-order valence-electron chi connectivity index (χ2n) is 6.49. The van der Waals surface area contributed by atoms with Gasteiger partial charge in [-0.3, -0.25) is 4.90 Å². The van der Waals surface area contributed by atoms with Crippen LogP contribution in [0.15, 0.2) is 18.2 Å². The van der Waals surface area contributed by atoms with E-state index in [1.165, 1.54) is 42.6 Å². The number of hydrogen-bond acceptors (Lipinski definition) is 2. The van der Waals surface area contributed by atoms with Crippen LogP contribution in [0.25, 0.3) is 0 Å². The maximum atomic E-state index is 3.70. The number of hydrogen-bond donors (Lipinski definition) is 1. The van der Waals surface area contributed by atoms with Crippen molar-refractivity contribution in [3.63, 3.8) is 0 Å². The van der Waals surface area contributed by atoms with E-state index in [-0.39, 0.29) is 0 Å². The molecule has 1 aliphatic rings. The Bertz CT molecular complexity index is 427. The van der Waals surface area contributed by atoms with Crippen molar-refractivity contribution in [1.29, 1.82) is 0 Å². The quantitative estimate of drug-likeness (QED) is 0.884. The molecule has 1 aliphatic heterocycles. The lowest BCUT2D eigenvalue weighted by atomic mass is 9.93. The molecule has 2 nitrogen and oxygen atoms in total. The molecule has 1 N–H and O–H groups in total. The molecular weight excluding hydrogens is 244 g/mol. The van der Waals surface area contributed by atoms with Crippen molar-refractivity contribution in [3.8, 4) is 0 Å². The predicted molar refractivity (Wildman–Crippen MR) is 87.1 cm³/mol. The fourth-order valence-corrected chi connectivity index (χ4v) is 3.22. The van der Waals surface area contributed by atoms with Crippen molar-refractivity contribution in [3.05, 3.63) is 34.9 Å². The summed E-state index contributed by atoms with van der Waals surface area (Å²) in [6.07, 6.45) is 2.52. The minimum atomic E-state index is 0.713. The van der Waals surface area contributed by atoms with Crippen molar-refractivity contribution in [2.45, 2.75) is 53.1 Å². The zero-order chi connectivity index (χ0) is 14.5. The van der Waals surface area contributed by atoms with E-state index in [0.29, 0.717) is 6.04 Å². The molecule has 2 atom stereocenters. The van der Waals surface area contributed by atoms with Crippen LogP contribution in [-0.2, 0) is 6.54 Å². The predicted octanol–water partition coefficient (Wildman–Crippen LogP) is 3.51. The highest BCUT2D eigenvalue weighted by atomic mass is 15.1. The van der Waals surface area contributed by atoms with Gasteiger partial charge in [0.05, 0.1) is 0 Å². The van der Waals surface area contributed by atoms with Gasteiger partial charge in [0, 0.05) is 19.1 Å². The summed E-state index contributed by atoms with van der Waals surface area (Å²) in [5.41, 5.74) is 4.30. The van der Waals surface area contributed by atoms with E-state index < -0.39 is 0 Å². The Kier molecular flexibility index (Phi) is 5.62. The molecule has 0 aliphatic carbocycles. The summed E-state index contributed by atoms with van der Waals surface area (Å²) >= 11 is 0. The third-order valence-electron chi connectivity index (χ3n) is 4.54. The van der Waals surface area contributed by atoms with Gasteiger partial charge < -0.3 is 5.32 Å². The zero-order valence-corrected chi connectivity index (χ0v) is 13.6. The molecule has 0 aromatic heterocycles. The lowest BCUT2D eigenvalue weighted by Gasteiger charge is -2.37. The summed E-state index contributed by atoms with van der Waals surface area (Å²) < 4.78 is 0. The topological polar surface area (TPSA) is 15.3 Å². The minimum Gasteiger partial charge on any atom is -0.314 e. The average molecular weight is 274 g/mol. The maximum absolute atomic E-state index is 3.70. The van der Waals surface area contributed by atoms with Crippen LogP contribution >= 0.6 is 0 Å². The molecule has 0 radical (unpaired) electrons. The van der Waals surface area contributed by atoms with Gasteiger partial charge in [-0.15, -0.1) is 0 Å². The molecule has 2 unspecified atom stereocenters. The van der Waals surface area contributed by atoms with Gasteiger partial charge in [0.1, 0.15) is 0 Å². The first-order chi connectivity index (χ1) is 9.60. The van der Waals surface area contributed by atoms with Gasteiger partial charge in [0.15, 0.2) is 0 Å². The Labute approximate surface area is 124 Å². The highest BCUT2D eigenvalue weighted by Gasteiger charge is 2.25. The summed E-state index contributed by atoms with van der Waals surface area (Å²) in [5, 5.41) is 3.70. The van der Waals surface area contributed by atoms with Gasteiger partial charge in [0.2, 0.25) is 0 Å². The fourth-order valence-electron chi connectivity index (χ4n) is 3.22. The van der Waals surface area contributed by atoms with E-state index in [1.54, 1.807) is 0 Å². The molecule has 2 rings (SSSR count). The van der Waals surface area contributed by atoms with Crippen molar-refractivity contribution in [1.82, 2.24) is 10.2 Å². The standard InChI is InChI=1S/C18H30N2/c1-5-9-19-18-8-10-20(12-16(18)4)13-17-11-14(2)6-7-15(17)3/h6-7,11,16,18-19H,5,8-10,12-13H2,1-4H3. The number of aryl methyl sites for hydroxylation is 2. The molecule has 112 valence electrons. The summed E-state index contributed by atoms with van der Waals surface area (Å²) in [6, 6.07) is 7.53. The summed E-state index contributed by atoms with van der Waals surface area (Å²) in [4.78, 5) is 2.62. The molecule has 1 heterocycles. The van der Waals surface area contributed by atoms with Crippen LogP contribution in [0.3, 0.4) is 0 Å². The van der Waals surface area contributed by atoms with E-state index >= 15 is 0 Å². The molecule has 0 bridgehead atoms. The Morgan fingerprint density at radius 2 is 2.10 bits per heavy atom. The number of nitrogens with zero attached hydrogens (tertiary/aromatic N) is 1. The first kappa shape index (κ1) is 15.5. The number of benzene rings is 1. The summed E-state index contributed by atoms with van der Waals surface area (Å²) in [7, 11) is 0. The number of nitrogens with one attached hydrogen (secondary N) is 1. The summed E-state index contributed by atoms with van der Waals surface area (Å²) in [5.74, 6) is 0.750. The second-order valence-corrected chi connectivity index (χ2v) is 6.49. The second kappa shape index (κ2) is 7.24. The van der Waals surface area contributed by atoms with Gasteiger partial charge >= 0.3 is 0 Å².